The lowest BCUT2D eigenvalue weighted by Crippen LogP contribution is -2.41. The molecule has 5 heteroatoms. The van der Waals surface area contributed by atoms with E-state index in [0.717, 1.165) is 24.2 Å². The molecule has 1 aliphatic heterocycles. The van der Waals surface area contributed by atoms with E-state index < -0.39 is 10.0 Å². The minimum atomic E-state index is -3.19. The minimum Gasteiger partial charge on any atom is -0.317 e. The molecule has 0 atom stereocenters. The number of benzene rings is 1. The molecule has 0 saturated carbocycles. The van der Waals surface area contributed by atoms with Gasteiger partial charge >= 0.3 is 0 Å². The van der Waals surface area contributed by atoms with Gasteiger partial charge in [0, 0.05) is 6.54 Å². The maximum absolute atomic E-state index is 12.1. The van der Waals surface area contributed by atoms with E-state index in [-0.39, 0.29) is 5.25 Å². The Hall–Kier alpha value is -0.910. The first-order valence-electron chi connectivity index (χ1n) is 6.33. The van der Waals surface area contributed by atoms with Gasteiger partial charge in [0.05, 0.1) is 5.25 Å². The summed E-state index contributed by atoms with van der Waals surface area (Å²) in [4.78, 5) is 0. The molecule has 2 rings (SSSR count). The molecule has 0 bridgehead atoms. The average molecular weight is 268 g/mol. The quantitative estimate of drug-likeness (QED) is 0.862. The maximum Gasteiger partial charge on any atom is 0.214 e. The van der Waals surface area contributed by atoms with Gasteiger partial charge in [0.1, 0.15) is 0 Å². The molecule has 1 aliphatic rings. The van der Waals surface area contributed by atoms with E-state index in [4.69, 9.17) is 0 Å². The molecule has 0 radical (unpaired) electrons. The van der Waals surface area contributed by atoms with E-state index >= 15 is 0 Å². The number of piperidine rings is 1. The van der Waals surface area contributed by atoms with Crippen molar-refractivity contribution in [2.75, 3.05) is 13.1 Å². The molecule has 1 aromatic rings. The van der Waals surface area contributed by atoms with Gasteiger partial charge in [-0.1, -0.05) is 24.3 Å². The molecule has 1 saturated heterocycles. The molecule has 100 valence electrons. The predicted octanol–water partition coefficient (Wildman–Crippen LogP) is 1.17. The highest BCUT2D eigenvalue weighted by Gasteiger charge is 2.26. The first-order valence-corrected chi connectivity index (χ1v) is 7.88. The van der Waals surface area contributed by atoms with E-state index in [2.05, 4.69) is 10.0 Å². The lowest BCUT2D eigenvalue weighted by molar-refractivity contribution is 0.489. The van der Waals surface area contributed by atoms with Gasteiger partial charge in [-0.15, -0.1) is 0 Å². The van der Waals surface area contributed by atoms with Gasteiger partial charge in [-0.25, -0.2) is 13.1 Å². The SMILES string of the molecule is Cc1ccccc1CNS(=O)(=O)C1CCNCC1. The van der Waals surface area contributed by atoms with Crippen LogP contribution in [0.25, 0.3) is 0 Å². The Morgan fingerprint density at radius 1 is 1.28 bits per heavy atom. The van der Waals surface area contributed by atoms with Crippen LogP contribution in [0.15, 0.2) is 24.3 Å². The van der Waals surface area contributed by atoms with Crippen LogP contribution in [0.4, 0.5) is 0 Å². The number of rotatable bonds is 4. The van der Waals surface area contributed by atoms with Crippen molar-refractivity contribution in [2.24, 2.45) is 0 Å². The molecule has 0 unspecified atom stereocenters. The molecular formula is C13H20N2O2S. The van der Waals surface area contributed by atoms with Crippen LogP contribution >= 0.6 is 0 Å². The second-order valence-corrected chi connectivity index (χ2v) is 6.79. The van der Waals surface area contributed by atoms with E-state index in [1.807, 2.05) is 31.2 Å². The summed E-state index contributed by atoms with van der Waals surface area (Å²) in [6, 6.07) is 7.84. The van der Waals surface area contributed by atoms with Crippen molar-refractivity contribution in [1.82, 2.24) is 10.0 Å². The molecule has 2 N–H and O–H groups in total. The Balaban J connectivity index is 1.98. The van der Waals surface area contributed by atoms with Gasteiger partial charge in [-0.2, -0.15) is 0 Å². The molecule has 0 amide bonds. The molecule has 0 aliphatic carbocycles. The molecule has 0 spiro atoms. The van der Waals surface area contributed by atoms with E-state index in [0.29, 0.717) is 19.4 Å². The van der Waals surface area contributed by atoms with Gasteiger partial charge in [0.25, 0.3) is 0 Å². The molecule has 0 aromatic heterocycles. The zero-order chi connectivity index (χ0) is 13.0. The van der Waals surface area contributed by atoms with Crippen molar-refractivity contribution in [3.8, 4) is 0 Å². The summed E-state index contributed by atoms with van der Waals surface area (Å²) in [5.41, 5.74) is 2.15. The Morgan fingerprint density at radius 3 is 2.61 bits per heavy atom. The van der Waals surface area contributed by atoms with Crippen LogP contribution in [0.2, 0.25) is 0 Å². The Bertz CT molecular complexity index is 493. The van der Waals surface area contributed by atoms with Crippen LogP contribution < -0.4 is 10.0 Å². The number of hydrogen-bond donors (Lipinski definition) is 2. The molecule has 4 nitrogen and oxygen atoms in total. The first kappa shape index (κ1) is 13.5. The summed E-state index contributed by atoms with van der Waals surface area (Å²) < 4.78 is 27.0. The third-order valence-corrected chi connectivity index (χ3v) is 5.35. The fraction of sp³-hybridized carbons (Fsp3) is 0.538. The average Bonchev–Trinajstić information content (AvgIpc) is 2.39. The fourth-order valence-corrected chi connectivity index (χ4v) is 3.66. The summed E-state index contributed by atoms with van der Waals surface area (Å²) >= 11 is 0. The van der Waals surface area contributed by atoms with Crippen LogP contribution in [-0.4, -0.2) is 26.8 Å². The zero-order valence-electron chi connectivity index (χ0n) is 10.6. The Labute approximate surface area is 109 Å². The lowest BCUT2D eigenvalue weighted by atomic mass is 10.1. The number of nitrogens with one attached hydrogen (secondary N) is 2. The summed E-state index contributed by atoms with van der Waals surface area (Å²) in [7, 11) is -3.19. The van der Waals surface area contributed by atoms with Crippen molar-refractivity contribution >= 4 is 10.0 Å². The van der Waals surface area contributed by atoms with Crippen molar-refractivity contribution in [2.45, 2.75) is 31.6 Å². The maximum atomic E-state index is 12.1. The second kappa shape index (κ2) is 5.82. The standard InChI is InChI=1S/C13H20N2O2S/c1-11-4-2-3-5-12(11)10-15-18(16,17)13-6-8-14-9-7-13/h2-5,13-15H,6-10H2,1H3. The number of sulfonamides is 1. The summed E-state index contributed by atoms with van der Waals surface area (Å²) in [5.74, 6) is 0. The lowest BCUT2D eigenvalue weighted by Gasteiger charge is -2.23. The van der Waals surface area contributed by atoms with E-state index in [1.165, 1.54) is 0 Å². The summed E-state index contributed by atoms with van der Waals surface area (Å²) in [6.07, 6.45) is 1.40. The predicted molar refractivity (Wildman–Crippen MR) is 72.8 cm³/mol. The zero-order valence-corrected chi connectivity index (χ0v) is 11.5. The number of hydrogen-bond acceptors (Lipinski definition) is 3. The largest absolute Gasteiger partial charge is 0.317 e. The van der Waals surface area contributed by atoms with Gasteiger partial charge in [0.15, 0.2) is 0 Å². The fourth-order valence-electron chi connectivity index (χ4n) is 2.21. The molecule has 1 fully saturated rings. The summed E-state index contributed by atoms with van der Waals surface area (Å²) in [5, 5.41) is 2.93. The third kappa shape index (κ3) is 3.31. The number of aryl methyl sites for hydroxylation is 1. The van der Waals surface area contributed by atoms with Crippen molar-refractivity contribution in [1.29, 1.82) is 0 Å². The monoisotopic (exact) mass is 268 g/mol. The Kier molecular flexibility index (Phi) is 4.37. The van der Waals surface area contributed by atoms with Crippen LogP contribution in [0.3, 0.4) is 0 Å². The van der Waals surface area contributed by atoms with E-state index in [1.54, 1.807) is 0 Å². The third-order valence-electron chi connectivity index (χ3n) is 3.45. The highest BCUT2D eigenvalue weighted by molar-refractivity contribution is 7.90. The molecular weight excluding hydrogens is 248 g/mol. The Morgan fingerprint density at radius 2 is 1.94 bits per heavy atom. The van der Waals surface area contributed by atoms with Crippen LogP contribution in [-0.2, 0) is 16.6 Å². The highest BCUT2D eigenvalue weighted by atomic mass is 32.2. The molecule has 1 aromatic carbocycles. The highest BCUT2D eigenvalue weighted by Crippen LogP contribution is 2.13. The smallest absolute Gasteiger partial charge is 0.214 e. The normalized spacial score (nSPS) is 17.8. The van der Waals surface area contributed by atoms with Crippen LogP contribution in [0.5, 0.6) is 0 Å². The van der Waals surface area contributed by atoms with Crippen molar-refractivity contribution < 1.29 is 8.42 Å². The topological polar surface area (TPSA) is 58.2 Å². The van der Waals surface area contributed by atoms with Gasteiger partial charge in [0.2, 0.25) is 10.0 Å². The molecule has 1 heterocycles. The van der Waals surface area contributed by atoms with Gasteiger partial charge < -0.3 is 5.32 Å². The molecule has 18 heavy (non-hydrogen) atoms. The van der Waals surface area contributed by atoms with Gasteiger partial charge in [-0.3, -0.25) is 0 Å². The van der Waals surface area contributed by atoms with Crippen molar-refractivity contribution in [3.63, 3.8) is 0 Å². The van der Waals surface area contributed by atoms with E-state index in [9.17, 15) is 8.42 Å². The minimum absolute atomic E-state index is 0.247. The van der Waals surface area contributed by atoms with Gasteiger partial charge in [-0.05, 0) is 44.0 Å². The first-order chi connectivity index (χ1) is 8.59. The van der Waals surface area contributed by atoms with Crippen LogP contribution in [0.1, 0.15) is 24.0 Å². The van der Waals surface area contributed by atoms with Crippen LogP contribution in [0, 0.1) is 6.92 Å². The van der Waals surface area contributed by atoms with Crippen molar-refractivity contribution in [3.05, 3.63) is 35.4 Å². The second-order valence-electron chi connectivity index (χ2n) is 4.74. The summed E-state index contributed by atoms with van der Waals surface area (Å²) in [6.45, 7) is 3.96.